The van der Waals surface area contributed by atoms with Crippen LogP contribution in [-0.4, -0.2) is 27.7 Å². The Hall–Kier alpha value is -1.85. The topological polar surface area (TPSA) is 84.1 Å². The van der Waals surface area contributed by atoms with Crippen molar-refractivity contribution in [3.8, 4) is 17.1 Å². The fourth-order valence-electron chi connectivity index (χ4n) is 1.70. The van der Waals surface area contributed by atoms with Gasteiger partial charge in [-0.2, -0.15) is 0 Å². The van der Waals surface area contributed by atoms with Gasteiger partial charge in [-0.05, 0) is 32.0 Å². The second kappa shape index (κ2) is 6.07. The number of benzene rings is 1. The summed E-state index contributed by atoms with van der Waals surface area (Å²) < 4.78 is 0. The molecular formula is C14H17ClN4O. The number of phenolic OH excluding ortho intramolecular Hbond substituents is 1. The monoisotopic (exact) mass is 292 g/mol. The number of phenols is 1. The second-order valence-electron chi connectivity index (χ2n) is 4.74. The molecule has 0 bridgehead atoms. The molecule has 0 radical (unpaired) electrons. The van der Waals surface area contributed by atoms with Crippen LogP contribution in [0, 0.1) is 6.92 Å². The van der Waals surface area contributed by atoms with Crippen LogP contribution in [0.15, 0.2) is 24.4 Å². The van der Waals surface area contributed by atoms with Gasteiger partial charge in [-0.15, -0.1) is 0 Å². The van der Waals surface area contributed by atoms with Crippen molar-refractivity contribution in [2.75, 3.05) is 11.9 Å². The zero-order chi connectivity index (χ0) is 14.7. The molecule has 2 aromatic rings. The van der Waals surface area contributed by atoms with E-state index in [0.717, 1.165) is 5.56 Å². The van der Waals surface area contributed by atoms with Crippen LogP contribution in [0.3, 0.4) is 0 Å². The highest BCUT2D eigenvalue weighted by molar-refractivity contribution is 6.30. The van der Waals surface area contributed by atoms with Crippen molar-refractivity contribution >= 4 is 17.4 Å². The van der Waals surface area contributed by atoms with E-state index in [0.29, 0.717) is 28.8 Å². The van der Waals surface area contributed by atoms with Crippen LogP contribution in [0.2, 0.25) is 5.02 Å². The highest BCUT2D eigenvalue weighted by atomic mass is 35.5. The predicted octanol–water partition coefficient (Wildman–Crippen LogP) is 2.57. The molecule has 1 heterocycles. The van der Waals surface area contributed by atoms with E-state index in [9.17, 15) is 5.11 Å². The van der Waals surface area contributed by atoms with Gasteiger partial charge < -0.3 is 16.2 Å². The number of aromatic nitrogens is 2. The van der Waals surface area contributed by atoms with Gasteiger partial charge in [-0.25, -0.2) is 9.97 Å². The summed E-state index contributed by atoms with van der Waals surface area (Å²) in [5.41, 5.74) is 7.13. The minimum Gasteiger partial charge on any atom is -0.507 e. The fraction of sp³-hybridized carbons (Fsp3) is 0.286. The van der Waals surface area contributed by atoms with E-state index in [-0.39, 0.29) is 11.8 Å². The maximum Gasteiger partial charge on any atom is 0.165 e. The van der Waals surface area contributed by atoms with Gasteiger partial charge in [0.05, 0.1) is 5.56 Å². The van der Waals surface area contributed by atoms with Crippen molar-refractivity contribution in [3.05, 3.63) is 35.0 Å². The molecule has 0 aliphatic carbocycles. The Balaban J connectivity index is 2.37. The summed E-state index contributed by atoms with van der Waals surface area (Å²) in [6.45, 7) is 4.43. The van der Waals surface area contributed by atoms with Crippen molar-refractivity contribution in [1.29, 1.82) is 0 Å². The molecule has 1 aromatic carbocycles. The maximum atomic E-state index is 9.89. The molecule has 6 heteroatoms. The Morgan fingerprint density at radius 3 is 2.90 bits per heavy atom. The number of aryl methyl sites for hydroxylation is 1. The second-order valence-corrected chi connectivity index (χ2v) is 5.18. The third-order valence-electron chi connectivity index (χ3n) is 2.76. The molecule has 0 unspecified atom stereocenters. The average molecular weight is 293 g/mol. The van der Waals surface area contributed by atoms with Crippen LogP contribution < -0.4 is 11.1 Å². The summed E-state index contributed by atoms with van der Waals surface area (Å²) in [5.74, 6) is 1.21. The minimum atomic E-state index is 0.0207. The van der Waals surface area contributed by atoms with E-state index in [1.807, 2.05) is 13.8 Å². The number of hydrogen-bond acceptors (Lipinski definition) is 5. The lowest BCUT2D eigenvalue weighted by molar-refractivity contribution is 0.477. The third-order valence-corrected chi connectivity index (χ3v) is 3.00. The summed E-state index contributed by atoms with van der Waals surface area (Å²) in [5, 5.41) is 13.6. The standard InChI is InChI=1S/C14H17ClN4O/c1-8-6-17-14(19-13(8)18-7-9(2)16)11-5-10(15)3-4-12(11)20/h3-6,9,20H,7,16H2,1-2H3,(H,17,18,19)/t9-/m1/s1. The van der Waals surface area contributed by atoms with Gasteiger partial charge in [-0.1, -0.05) is 11.6 Å². The Morgan fingerprint density at radius 1 is 1.45 bits per heavy atom. The number of nitrogens with one attached hydrogen (secondary N) is 1. The minimum absolute atomic E-state index is 0.0207. The molecule has 5 nitrogen and oxygen atoms in total. The first-order valence-electron chi connectivity index (χ1n) is 6.29. The molecule has 2 rings (SSSR count). The van der Waals surface area contributed by atoms with E-state index in [1.165, 1.54) is 6.07 Å². The Kier molecular flexibility index (Phi) is 4.42. The third kappa shape index (κ3) is 3.37. The highest BCUT2D eigenvalue weighted by Gasteiger charge is 2.11. The largest absolute Gasteiger partial charge is 0.507 e. The molecule has 20 heavy (non-hydrogen) atoms. The van der Waals surface area contributed by atoms with Crippen molar-refractivity contribution in [3.63, 3.8) is 0 Å². The number of aromatic hydroxyl groups is 1. The Morgan fingerprint density at radius 2 is 2.20 bits per heavy atom. The maximum absolute atomic E-state index is 9.89. The average Bonchev–Trinajstić information content (AvgIpc) is 2.40. The highest BCUT2D eigenvalue weighted by Crippen LogP contribution is 2.30. The van der Waals surface area contributed by atoms with Gasteiger partial charge in [0, 0.05) is 29.4 Å². The molecule has 0 aliphatic rings. The van der Waals surface area contributed by atoms with E-state index in [2.05, 4.69) is 15.3 Å². The molecule has 0 amide bonds. The van der Waals surface area contributed by atoms with Crippen LogP contribution >= 0.6 is 11.6 Å². The smallest absolute Gasteiger partial charge is 0.165 e. The lowest BCUT2D eigenvalue weighted by Gasteiger charge is -2.12. The van der Waals surface area contributed by atoms with Crippen molar-refractivity contribution in [2.45, 2.75) is 19.9 Å². The van der Waals surface area contributed by atoms with E-state index >= 15 is 0 Å². The van der Waals surface area contributed by atoms with Gasteiger partial charge in [-0.3, -0.25) is 0 Å². The number of hydrogen-bond donors (Lipinski definition) is 3. The van der Waals surface area contributed by atoms with Crippen LogP contribution in [0.1, 0.15) is 12.5 Å². The van der Waals surface area contributed by atoms with Gasteiger partial charge in [0.2, 0.25) is 0 Å². The normalized spacial score (nSPS) is 12.2. The van der Waals surface area contributed by atoms with Crippen LogP contribution in [0.4, 0.5) is 5.82 Å². The number of halogens is 1. The molecule has 4 N–H and O–H groups in total. The molecule has 0 aliphatic heterocycles. The molecule has 0 spiro atoms. The number of nitrogens with two attached hydrogens (primary N) is 1. The van der Waals surface area contributed by atoms with Gasteiger partial charge in [0.25, 0.3) is 0 Å². The molecule has 0 saturated carbocycles. The quantitative estimate of drug-likeness (QED) is 0.806. The Labute approximate surface area is 122 Å². The van der Waals surface area contributed by atoms with Crippen molar-refractivity contribution in [1.82, 2.24) is 9.97 Å². The van der Waals surface area contributed by atoms with Crippen LogP contribution in [0.5, 0.6) is 5.75 Å². The summed E-state index contributed by atoms with van der Waals surface area (Å²) in [7, 11) is 0. The first-order chi connectivity index (χ1) is 9.47. The zero-order valence-corrected chi connectivity index (χ0v) is 12.1. The molecule has 0 saturated heterocycles. The van der Waals surface area contributed by atoms with Crippen LogP contribution in [-0.2, 0) is 0 Å². The predicted molar refractivity (Wildman–Crippen MR) is 81.0 cm³/mol. The summed E-state index contributed by atoms with van der Waals surface area (Å²) in [6.07, 6.45) is 1.70. The lowest BCUT2D eigenvalue weighted by Crippen LogP contribution is -2.25. The van der Waals surface area contributed by atoms with Gasteiger partial charge in [0.1, 0.15) is 11.6 Å². The number of rotatable bonds is 4. The summed E-state index contributed by atoms with van der Waals surface area (Å²) in [4.78, 5) is 8.66. The first-order valence-corrected chi connectivity index (χ1v) is 6.67. The molecular weight excluding hydrogens is 276 g/mol. The Bertz CT molecular complexity index is 616. The lowest BCUT2D eigenvalue weighted by atomic mass is 10.2. The van der Waals surface area contributed by atoms with Gasteiger partial charge >= 0.3 is 0 Å². The molecule has 0 fully saturated rings. The van der Waals surface area contributed by atoms with Crippen molar-refractivity contribution in [2.24, 2.45) is 5.73 Å². The molecule has 1 atom stereocenters. The molecule has 106 valence electrons. The number of nitrogens with zero attached hydrogens (tertiary/aromatic N) is 2. The van der Waals surface area contributed by atoms with E-state index in [1.54, 1.807) is 18.3 Å². The summed E-state index contributed by atoms with van der Waals surface area (Å²) in [6, 6.07) is 4.80. The van der Waals surface area contributed by atoms with Gasteiger partial charge in [0.15, 0.2) is 5.82 Å². The SMILES string of the molecule is Cc1cnc(-c2cc(Cl)ccc2O)nc1NC[C@@H](C)N. The van der Waals surface area contributed by atoms with E-state index < -0.39 is 0 Å². The first kappa shape index (κ1) is 14.6. The fourth-order valence-corrected chi connectivity index (χ4v) is 1.87. The molecule has 1 aromatic heterocycles. The van der Waals surface area contributed by atoms with Crippen LogP contribution in [0.25, 0.3) is 11.4 Å². The van der Waals surface area contributed by atoms with E-state index in [4.69, 9.17) is 17.3 Å². The summed E-state index contributed by atoms with van der Waals surface area (Å²) >= 11 is 5.94. The number of anilines is 1. The zero-order valence-electron chi connectivity index (χ0n) is 11.4. The van der Waals surface area contributed by atoms with Crippen molar-refractivity contribution < 1.29 is 5.11 Å².